The van der Waals surface area contributed by atoms with Crippen molar-refractivity contribution in [1.82, 2.24) is 24.6 Å². The van der Waals surface area contributed by atoms with Crippen LogP contribution in [0, 0.1) is 11.6 Å². The molecule has 4 aromatic rings. The number of carbonyl (C=O) groups is 1. The second kappa shape index (κ2) is 7.64. The first-order chi connectivity index (χ1) is 15.4. The highest BCUT2D eigenvalue weighted by molar-refractivity contribution is 6.10. The Morgan fingerprint density at radius 3 is 2.45 bits per heavy atom. The van der Waals surface area contributed by atoms with Gasteiger partial charge < -0.3 is 10.6 Å². The number of nitrogens with zero attached hydrogens (tertiary/aromatic N) is 5. The monoisotopic (exact) mass is 464 g/mol. The minimum Gasteiger partial charge on any atom is -0.383 e. The molecule has 12 heteroatoms. The van der Waals surface area contributed by atoms with Crippen molar-refractivity contribution in [2.45, 2.75) is 19.1 Å². The zero-order chi connectivity index (χ0) is 24.2. The lowest BCUT2D eigenvalue weighted by Crippen LogP contribution is -2.31. The topological polar surface area (TPSA) is 89.9 Å². The van der Waals surface area contributed by atoms with Gasteiger partial charge in [0.15, 0.2) is 0 Å². The number of nitrogens with two attached hydrogens (primary N) is 1. The van der Waals surface area contributed by atoms with E-state index in [2.05, 4.69) is 15.1 Å². The zero-order valence-electron chi connectivity index (χ0n) is 17.6. The molecule has 3 aromatic heterocycles. The van der Waals surface area contributed by atoms with Crippen LogP contribution in [-0.4, -0.2) is 37.6 Å². The molecule has 0 bridgehead atoms. The molecule has 7 nitrogen and oxygen atoms in total. The Hall–Kier alpha value is -3.83. The van der Waals surface area contributed by atoms with E-state index in [0.29, 0.717) is 28.6 Å². The number of carbonyl (C=O) groups excluding carboxylic acids is 1. The third-order valence-electron chi connectivity index (χ3n) is 5.52. The van der Waals surface area contributed by atoms with E-state index < -0.39 is 35.3 Å². The molecule has 1 aromatic carbocycles. The van der Waals surface area contributed by atoms with Crippen LogP contribution in [0.2, 0.25) is 0 Å². The maximum atomic E-state index is 14.9. The van der Waals surface area contributed by atoms with Crippen LogP contribution in [0.3, 0.4) is 0 Å². The summed E-state index contributed by atoms with van der Waals surface area (Å²) in [5, 5.41) is 5.06. The van der Waals surface area contributed by atoms with Gasteiger partial charge in [-0.25, -0.2) is 13.8 Å². The van der Waals surface area contributed by atoms with Crippen LogP contribution in [0.5, 0.6) is 0 Å². The van der Waals surface area contributed by atoms with Crippen molar-refractivity contribution >= 4 is 33.5 Å². The van der Waals surface area contributed by atoms with E-state index in [1.165, 1.54) is 30.9 Å². The molecule has 0 aliphatic carbocycles. The number of fused-ring (bicyclic) bond motifs is 3. The number of aromatic nitrogens is 4. The molecule has 0 saturated carbocycles. The highest BCUT2D eigenvalue weighted by Crippen LogP contribution is 2.33. The molecular weight excluding hydrogens is 447 g/mol. The Kier molecular flexibility index (Phi) is 5.18. The van der Waals surface area contributed by atoms with Gasteiger partial charge in [-0.3, -0.25) is 14.5 Å². The fraction of sp³-hybridized carbons (Fsp3) is 0.238. The van der Waals surface area contributed by atoms with Crippen molar-refractivity contribution in [2.75, 3.05) is 12.8 Å². The van der Waals surface area contributed by atoms with Gasteiger partial charge in [0.2, 0.25) is 0 Å². The number of aryl methyl sites for hydroxylation is 1. The molecule has 0 unspecified atom stereocenters. The number of rotatable bonds is 3. The molecule has 0 fully saturated rings. The lowest BCUT2D eigenvalue weighted by molar-refractivity contribution is -0.138. The average Bonchev–Trinajstić information content (AvgIpc) is 3.13. The van der Waals surface area contributed by atoms with Crippen molar-refractivity contribution < 1.29 is 26.7 Å². The van der Waals surface area contributed by atoms with Gasteiger partial charge in [0.05, 0.1) is 45.5 Å². The predicted octanol–water partition coefficient (Wildman–Crippen LogP) is 4.23. The third-order valence-corrected chi connectivity index (χ3v) is 5.52. The van der Waals surface area contributed by atoms with Crippen LogP contribution in [-0.2, 0) is 13.2 Å². The molecule has 0 aliphatic rings. The normalized spacial score (nSPS) is 13.0. The van der Waals surface area contributed by atoms with Gasteiger partial charge in [0.25, 0.3) is 5.91 Å². The summed E-state index contributed by atoms with van der Waals surface area (Å²) in [4.78, 5) is 21.8. The van der Waals surface area contributed by atoms with Crippen molar-refractivity contribution in [3.63, 3.8) is 0 Å². The number of nitrogen functional groups attached to an aromatic ring is 1. The molecule has 33 heavy (non-hydrogen) atoms. The summed E-state index contributed by atoms with van der Waals surface area (Å²) in [6, 6.07) is 1.57. The summed E-state index contributed by atoms with van der Waals surface area (Å²) in [6.07, 6.45) is -2.78. The van der Waals surface area contributed by atoms with Crippen LogP contribution in [0.4, 0.5) is 27.8 Å². The quantitative estimate of drug-likeness (QED) is 0.459. The summed E-state index contributed by atoms with van der Waals surface area (Å²) in [7, 11) is 2.93. The van der Waals surface area contributed by atoms with Gasteiger partial charge >= 0.3 is 6.18 Å². The summed E-state index contributed by atoms with van der Waals surface area (Å²) in [6.45, 7) is 1.37. The molecule has 2 N–H and O–H groups in total. The first kappa shape index (κ1) is 22.4. The number of alkyl halides is 3. The number of pyridine rings is 2. The van der Waals surface area contributed by atoms with Crippen molar-refractivity contribution in [1.29, 1.82) is 0 Å². The minimum absolute atomic E-state index is 0.152. The molecule has 0 aliphatic heterocycles. The van der Waals surface area contributed by atoms with Gasteiger partial charge in [0.1, 0.15) is 17.5 Å². The maximum Gasteiger partial charge on any atom is 0.417 e. The molecule has 1 atom stereocenters. The number of hydrogen-bond donors (Lipinski definition) is 1. The smallest absolute Gasteiger partial charge is 0.383 e. The van der Waals surface area contributed by atoms with Gasteiger partial charge in [-0.05, 0) is 19.1 Å². The van der Waals surface area contributed by atoms with Crippen LogP contribution in [0.15, 0.2) is 30.6 Å². The van der Waals surface area contributed by atoms with Crippen molar-refractivity contribution in [2.24, 2.45) is 7.05 Å². The van der Waals surface area contributed by atoms with Gasteiger partial charge in [0, 0.05) is 31.7 Å². The largest absolute Gasteiger partial charge is 0.417 e. The first-order valence-electron chi connectivity index (χ1n) is 9.60. The first-order valence-corrected chi connectivity index (χ1v) is 9.60. The van der Waals surface area contributed by atoms with E-state index in [9.17, 15) is 26.7 Å². The van der Waals surface area contributed by atoms with E-state index in [4.69, 9.17) is 5.73 Å². The minimum atomic E-state index is -4.76. The standard InChI is InChI=1S/C21H17F5N6O/c1-9(17-15(23)4-10(7-28-17)21(24,25)26)31(2)20(33)11-5-12-16(6-14(11)22)30-19(27)13-8-29-32(3)18(12)13/h4-9H,1-3H3,(H2,27,30)/t9-/m0/s1. The second-order valence-electron chi connectivity index (χ2n) is 7.56. The molecule has 4 rings (SSSR count). The summed E-state index contributed by atoms with van der Waals surface area (Å²) >= 11 is 0. The van der Waals surface area contributed by atoms with Crippen LogP contribution in [0.25, 0.3) is 21.8 Å². The Bertz CT molecular complexity index is 1410. The molecule has 3 heterocycles. The Labute approximate surface area is 183 Å². The Balaban J connectivity index is 1.75. The number of anilines is 1. The van der Waals surface area contributed by atoms with Crippen LogP contribution < -0.4 is 5.73 Å². The molecule has 0 radical (unpaired) electrons. The summed E-state index contributed by atoms with van der Waals surface area (Å²) in [5.41, 5.74) is 4.69. The summed E-state index contributed by atoms with van der Waals surface area (Å²) < 4.78 is 69.1. The van der Waals surface area contributed by atoms with Crippen molar-refractivity contribution in [3.8, 4) is 0 Å². The number of halogens is 5. The van der Waals surface area contributed by atoms with Gasteiger partial charge in [-0.15, -0.1) is 0 Å². The van der Waals surface area contributed by atoms with Gasteiger partial charge in [-0.2, -0.15) is 18.3 Å². The lowest BCUT2D eigenvalue weighted by Gasteiger charge is -2.25. The van der Waals surface area contributed by atoms with E-state index >= 15 is 0 Å². The third kappa shape index (κ3) is 3.70. The maximum absolute atomic E-state index is 14.9. The fourth-order valence-electron chi connectivity index (χ4n) is 3.60. The lowest BCUT2D eigenvalue weighted by atomic mass is 10.1. The Morgan fingerprint density at radius 1 is 1.12 bits per heavy atom. The summed E-state index contributed by atoms with van der Waals surface area (Å²) in [5.74, 6) is -2.79. The predicted molar refractivity (Wildman–Crippen MR) is 110 cm³/mol. The number of amides is 1. The van der Waals surface area contributed by atoms with Crippen LogP contribution >= 0.6 is 0 Å². The second-order valence-corrected chi connectivity index (χ2v) is 7.56. The molecule has 1 amide bonds. The van der Waals surface area contributed by atoms with E-state index in [1.807, 2.05) is 0 Å². The number of hydrogen-bond acceptors (Lipinski definition) is 5. The van der Waals surface area contributed by atoms with Gasteiger partial charge in [-0.1, -0.05) is 0 Å². The molecule has 0 saturated heterocycles. The highest BCUT2D eigenvalue weighted by atomic mass is 19.4. The SMILES string of the molecule is C[C@@H](c1ncc(C(F)(F)F)cc1F)N(C)C(=O)c1cc2c(cc1F)nc(N)c1cnn(C)c12. The highest BCUT2D eigenvalue weighted by Gasteiger charge is 2.33. The molecular formula is C21H17F5N6O. The van der Waals surface area contributed by atoms with E-state index in [1.54, 1.807) is 7.05 Å². The van der Waals surface area contributed by atoms with E-state index in [-0.39, 0.29) is 22.6 Å². The van der Waals surface area contributed by atoms with Crippen molar-refractivity contribution in [3.05, 3.63) is 59.0 Å². The Morgan fingerprint density at radius 2 is 1.82 bits per heavy atom. The van der Waals surface area contributed by atoms with Crippen LogP contribution in [0.1, 0.15) is 34.6 Å². The molecule has 172 valence electrons. The zero-order valence-corrected chi connectivity index (χ0v) is 17.6. The number of benzene rings is 1. The average molecular weight is 464 g/mol. The van der Waals surface area contributed by atoms with E-state index in [0.717, 1.165) is 11.0 Å². The fourth-order valence-corrected chi connectivity index (χ4v) is 3.60. The molecule has 0 spiro atoms.